The molecule has 20 heavy (non-hydrogen) atoms. The molecule has 0 radical (unpaired) electrons. The molecule has 0 aromatic carbocycles. The van der Waals surface area contributed by atoms with Gasteiger partial charge in [-0.3, -0.25) is 9.69 Å². The molecular formula is C14H23NO5. The molecule has 6 heteroatoms. The van der Waals surface area contributed by atoms with E-state index in [1.165, 1.54) is 0 Å². The summed E-state index contributed by atoms with van der Waals surface area (Å²) in [5.41, 5.74) is 0. The van der Waals surface area contributed by atoms with Crippen LogP contribution in [0.5, 0.6) is 0 Å². The highest BCUT2D eigenvalue weighted by atomic mass is 16.6. The Bertz CT molecular complexity index is 332. The van der Waals surface area contributed by atoms with Crippen LogP contribution in [0.15, 0.2) is 0 Å². The fourth-order valence-electron chi connectivity index (χ4n) is 2.24. The quantitative estimate of drug-likeness (QED) is 0.267. The Morgan fingerprint density at radius 2 is 2.25 bits per heavy atom. The summed E-state index contributed by atoms with van der Waals surface area (Å²) in [6.45, 7) is 4.07. The van der Waals surface area contributed by atoms with Gasteiger partial charge in [0.2, 0.25) is 0 Å². The first-order chi connectivity index (χ1) is 9.69. The van der Waals surface area contributed by atoms with Gasteiger partial charge in [-0.15, -0.1) is 0 Å². The number of hydrogen-bond donors (Lipinski definition) is 0. The summed E-state index contributed by atoms with van der Waals surface area (Å²) in [6, 6.07) is -0.566. The second-order valence-corrected chi connectivity index (χ2v) is 4.75. The number of ketones is 1. The number of Topliss-reactive ketones (excluding diaryl/α,β-unsaturated/α-hetero) is 1. The van der Waals surface area contributed by atoms with Crippen LogP contribution in [0.4, 0.5) is 0 Å². The third kappa shape index (κ3) is 5.79. The summed E-state index contributed by atoms with van der Waals surface area (Å²) >= 11 is 0. The lowest BCUT2D eigenvalue weighted by Crippen LogP contribution is -2.47. The van der Waals surface area contributed by atoms with Gasteiger partial charge in [0, 0.05) is 13.0 Å². The number of hydrogen-bond acceptors (Lipinski definition) is 6. The van der Waals surface area contributed by atoms with Crippen molar-refractivity contribution >= 4 is 18.0 Å². The van der Waals surface area contributed by atoms with E-state index in [-0.39, 0.29) is 18.4 Å². The normalized spacial score (nSPS) is 19.9. The molecule has 0 aromatic heterocycles. The molecule has 0 saturated carbocycles. The maximum atomic E-state index is 11.6. The third-order valence-corrected chi connectivity index (χ3v) is 3.23. The van der Waals surface area contributed by atoms with Gasteiger partial charge >= 0.3 is 5.97 Å². The number of piperidine rings is 1. The van der Waals surface area contributed by atoms with E-state index in [1.54, 1.807) is 6.92 Å². The summed E-state index contributed by atoms with van der Waals surface area (Å²) in [4.78, 5) is 35.4. The Balaban J connectivity index is 2.10. The van der Waals surface area contributed by atoms with Gasteiger partial charge in [-0.05, 0) is 39.3 Å². The predicted molar refractivity (Wildman–Crippen MR) is 72.4 cm³/mol. The second kappa shape index (κ2) is 9.61. The van der Waals surface area contributed by atoms with E-state index < -0.39 is 6.04 Å². The lowest BCUT2D eigenvalue weighted by atomic mass is 10.0. The zero-order chi connectivity index (χ0) is 14.8. The van der Waals surface area contributed by atoms with Crippen LogP contribution >= 0.6 is 0 Å². The van der Waals surface area contributed by atoms with Gasteiger partial charge in [0.15, 0.2) is 5.78 Å². The Morgan fingerprint density at radius 1 is 1.45 bits per heavy atom. The van der Waals surface area contributed by atoms with Gasteiger partial charge in [-0.1, -0.05) is 0 Å². The molecule has 0 amide bonds. The van der Waals surface area contributed by atoms with E-state index >= 15 is 0 Å². The highest BCUT2D eigenvalue weighted by molar-refractivity contribution is 5.97. The first-order valence-corrected chi connectivity index (χ1v) is 7.14. The van der Waals surface area contributed by atoms with Gasteiger partial charge in [-0.2, -0.15) is 0 Å². The fraction of sp³-hybridized carbons (Fsp3) is 0.786. The lowest BCUT2D eigenvalue weighted by Gasteiger charge is -2.30. The Hall–Kier alpha value is -1.27. The van der Waals surface area contributed by atoms with E-state index in [1.807, 2.05) is 4.90 Å². The molecule has 6 nitrogen and oxygen atoms in total. The van der Waals surface area contributed by atoms with Crippen LogP contribution < -0.4 is 0 Å². The number of nitrogens with zero attached hydrogens (tertiary/aromatic N) is 1. The van der Waals surface area contributed by atoms with Gasteiger partial charge in [0.25, 0.3) is 0 Å². The van der Waals surface area contributed by atoms with Gasteiger partial charge < -0.3 is 14.3 Å². The first-order valence-electron chi connectivity index (χ1n) is 7.14. The van der Waals surface area contributed by atoms with E-state index in [0.29, 0.717) is 26.2 Å². The molecule has 1 aliphatic heterocycles. The molecule has 1 rings (SSSR count). The maximum Gasteiger partial charge on any atom is 0.332 e. The van der Waals surface area contributed by atoms with Crippen molar-refractivity contribution in [1.82, 2.24) is 4.90 Å². The molecule has 0 aliphatic carbocycles. The topological polar surface area (TPSA) is 72.9 Å². The summed E-state index contributed by atoms with van der Waals surface area (Å²) in [5.74, 6) is -0.333. The molecule has 1 fully saturated rings. The van der Waals surface area contributed by atoms with Crippen LogP contribution in [0.25, 0.3) is 0 Å². The number of ether oxygens (including phenoxy) is 2. The van der Waals surface area contributed by atoms with Crippen molar-refractivity contribution in [3.63, 3.8) is 0 Å². The lowest BCUT2D eigenvalue weighted by molar-refractivity contribution is -0.148. The van der Waals surface area contributed by atoms with Crippen LogP contribution in [0.2, 0.25) is 0 Å². The minimum Gasteiger partial charge on any atom is -0.464 e. The van der Waals surface area contributed by atoms with E-state index in [2.05, 4.69) is 0 Å². The summed E-state index contributed by atoms with van der Waals surface area (Å²) in [5, 5.41) is 0. The summed E-state index contributed by atoms with van der Waals surface area (Å²) in [6.07, 6.45) is 3.68. The van der Waals surface area contributed by atoms with Gasteiger partial charge in [0.1, 0.15) is 18.9 Å². The van der Waals surface area contributed by atoms with Crippen LogP contribution in [0, 0.1) is 0 Å². The predicted octanol–water partition coefficient (Wildman–Crippen LogP) is 0.579. The van der Waals surface area contributed by atoms with E-state index in [0.717, 1.165) is 32.1 Å². The molecule has 0 unspecified atom stereocenters. The van der Waals surface area contributed by atoms with Gasteiger partial charge in [-0.25, -0.2) is 4.79 Å². The standard InChI is InChI=1S/C14H23NO5/c1-2-20-14(18)11-19-9-4-3-7-15-8-5-6-13(17)12(15)10-16/h10,12H,2-9,11H2,1H3/t12-/m1/s1. The molecule has 1 aliphatic rings. The SMILES string of the molecule is CCOC(=O)COCCCCN1CCCC(=O)[C@H]1C=O. The van der Waals surface area contributed by atoms with Gasteiger partial charge in [0.05, 0.1) is 6.61 Å². The third-order valence-electron chi connectivity index (χ3n) is 3.23. The molecule has 1 atom stereocenters. The number of unbranched alkanes of at least 4 members (excludes halogenated alkanes) is 1. The molecule has 0 N–H and O–H groups in total. The molecule has 1 saturated heterocycles. The van der Waals surface area contributed by atoms with Crippen molar-refractivity contribution in [2.75, 3.05) is 32.9 Å². The van der Waals surface area contributed by atoms with Crippen molar-refractivity contribution in [2.24, 2.45) is 0 Å². The minimum absolute atomic E-state index is 0.0183. The molecule has 114 valence electrons. The smallest absolute Gasteiger partial charge is 0.332 e. The summed E-state index contributed by atoms with van der Waals surface area (Å²) < 4.78 is 9.92. The zero-order valence-electron chi connectivity index (χ0n) is 12.0. The number of esters is 1. The van der Waals surface area contributed by atoms with Crippen LogP contribution in [-0.4, -0.2) is 61.9 Å². The first kappa shape index (κ1) is 16.8. The monoisotopic (exact) mass is 285 g/mol. The number of aldehydes is 1. The number of carbonyl (C=O) groups is 3. The highest BCUT2D eigenvalue weighted by Gasteiger charge is 2.28. The van der Waals surface area contributed by atoms with Crippen molar-refractivity contribution in [2.45, 2.75) is 38.6 Å². The Labute approximate surface area is 119 Å². The van der Waals surface area contributed by atoms with Crippen molar-refractivity contribution in [3.05, 3.63) is 0 Å². The molecule has 1 heterocycles. The maximum absolute atomic E-state index is 11.6. The van der Waals surface area contributed by atoms with E-state index in [9.17, 15) is 14.4 Å². The Morgan fingerprint density at radius 3 is 2.95 bits per heavy atom. The molecule has 0 spiro atoms. The van der Waals surface area contributed by atoms with E-state index in [4.69, 9.17) is 9.47 Å². The average molecular weight is 285 g/mol. The minimum atomic E-state index is -0.566. The van der Waals surface area contributed by atoms with Crippen molar-refractivity contribution in [3.8, 4) is 0 Å². The molecule has 0 bridgehead atoms. The number of rotatable bonds is 9. The average Bonchev–Trinajstić information content (AvgIpc) is 2.43. The van der Waals surface area contributed by atoms with Crippen molar-refractivity contribution in [1.29, 1.82) is 0 Å². The van der Waals surface area contributed by atoms with Crippen LogP contribution in [0.3, 0.4) is 0 Å². The highest BCUT2D eigenvalue weighted by Crippen LogP contribution is 2.13. The summed E-state index contributed by atoms with van der Waals surface area (Å²) in [7, 11) is 0. The van der Waals surface area contributed by atoms with Crippen LogP contribution in [-0.2, 0) is 23.9 Å². The zero-order valence-corrected chi connectivity index (χ0v) is 12.0. The van der Waals surface area contributed by atoms with Crippen molar-refractivity contribution < 1.29 is 23.9 Å². The number of carbonyl (C=O) groups excluding carboxylic acids is 3. The largest absolute Gasteiger partial charge is 0.464 e. The fourth-order valence-corrected chi connectivity index (χ4v) is 2.24. The molecular weight excluding hydrogens is 262 g/mol. The second-order valence-electron chi connectivity index (χ2n) is 4.75. The number of likely N-dealkylation sites (tertiary alicyclic amines) is 1. The Kier molecular flexibility index (Phi) is 8.06. The van der Waals surface area contributed by atoms with Crippen LogP contribution in [0.1, 0.15) is 32.6 Å². The molecule has 0 aromatic rings.